The number of allylic oxidation sites excluding steroid dienone is 2. The largest absolute Gasteiger partial charge is 0.0887 e. The first-order chi connectivity index (χ1) is 5.83. The van der Waals surface area contributed by atoms with E-state index in [1.165, 1.54) is 17.6 Å². The lowest BCUT2D eigenvalue weighted by molar-refractivity contribution is 0.938. The maximum Gasteiger partial charge on any atom is -0.0242 e. The molecule has 0 fully saturated rings. The predicted molar refractivity (Wildman–Crippen MR) is 54.2 cm³/mol. The van der Waals surface area contributed by atoms with Crippen molar-refractivity contribution in [3.05, 3.63) is 47.5 Å². The standard InChI is InChI=1S/C12H16/c1-3-11(2)9-10-12-7-5-4-6-8-12/h3-8H,9-10H2,1-2H3. The monoisotopic (exact) mass is 160 g/mol. The Morgan fingerprint density at radius 3 is 2.50 bits per heavy atom. The van der Waals surface area contributed by atoms with Gasteiger partial charge in [0.05, 0.1) is 0 Å². The summed E-state index contributed by atoms with van der Waals surface area (Å²) in [5.41, 5.74) is 2.90. The molecule has 0 aliphatic carbocycles. The molecule has 0 unspecified atom stereocenters. The minimum Gasteiger partial charge on any atom is -0.0887 e. The molecular weight excluding hydrogens is 144 g/mol. The molecule has 0 spiro atoms. The number of aryl methyl sites for hydroxylation is 1. The summed E-state index contributed by atoms with van der Waals surface area (Å²) in [7, 11) is 0. The van der Waals surface area contributed by atoms with Gasteiger partial charge in [-0.1, -0.05) is 42.0 Å². The summed E-state index contributed by atoms with van der Waals surface area (Å²) in [6.07, 6.45) is 4.53. The summed E-state index contributed by atoms with van der Waals surface area (Å²) in [6.45, 7) is 4.28. The van der Waals surface area contributed by atoms with E-state index in [2.05, 4.69) is 50.3 Å². The van der Waals surface area contributed by atoms with E-state index >= 15 is 0 Å². The maximum absolute atomic E-state index is 2.18. The first kappa shape index (κ1) is 9.05. The molecule has 0 nitrogen and oxygen atoms in total. The zero-order valence-corrected chi connectivity index (χ0v) is 7.88. The van der Waals surface area contributed by atoms with Crippen molar-refractivity contribution in [2.45, 2.75) is 26.7 Å². The Bertz CT molecular complexity index is 244. The van der Waals surface area contributed by atoms with Gasteiger partial charge in [0, 0.05) is 0 Å². The van der Waals surface area contributed by atoms with Gasteiger partial charge < -0.3 is 0 Å². The van der Waals surface area contributed by atoms with Crippen molar-refractivity contribution in [2.75, 3.05) is 0 Å². The van der Waals surface area contributed by atoms with Crippen LogP contribution >= 0.6 is 0 Å². The van der Waals surface area contributed by atoms with Gasteiger partial charge in [-0.3, -0.25) is 0 Å². The number of benzene rings is 1. The molecule has 0 amide bonds. The van der Waals surface area contributed by atoms with E-state index in [1.54, 1.807) is 0 Å². The minimum absolute atomic E-state index is 1.16. The predicted octanol–water partition coefficient (Wildman–Crippen LogP) is 3.59. The van der Waals surface area contributed by atoms with Crippen molar-refractivity contribution in [2.24, 2.45) is 0 Å². The van der Waals surface area contributed by atoms with E-state index in [9.17, 15) is 0 Å². The molecule has 12 heavy (non-hydrogen) atoms. The van der Waals surface area contributed by atoms with E-state index < -0.39 is 0 Å². The van der Waals surface area contributed by atoms with E-state index in [0.717, 1.165) is 6.42 Å². The van der Waals surface area contributed by atoms with Crippen molar-refractivity contribution < 1.29 is 0 Å². The molecule has 0 atom stereocenters. The van der Waals surface area contributed by atoms with Gasteiger partial charge in [-0.25, -0.2) is 0 Å². The summed E-state index contributed by atoms with van der Waals surface area (Å²) in [5.74, 6) is 0. The lowest BCUT2D eigenvalue weighted by atomic mass is 10.1. The molecule has 1 rings (SSSR count). The molecule has 0 aliphatic rings. The van der Waals surface area contributed by atoms with Crippen LogP contribution in [0.4, 0.5) is 0 Å². The Labute approximate surface area is 74.9 Å². The van der Waals surface area contributed by atoms with Crippen LogP contribution in [0.5, 0.6) is 0 Å². The molecule has 1 aromatic carbocycles. The molecule has 0 aliphatic heterocycles. The molecule has 0 bridgehead atoms. The van der Waals surface area contributed by atoms with Crippen LogP contribution in [0, 0.1) is 0 Å². The third-order valence-electron chi connectivity index (χ3n) is 2.14. The summed E-state index contributed by atoms with van der Waals surface area (Å²) in [5, 5.41) is 0. The van der Waals surface area contributed by atoms with Gasteiger partial charge >= 0.3 is 0 Å². The van der Waals surface area contributed by atoms with Gasteiger partial charge in [0.25, 0.3) is 0 Å². The number of hydrogen-bond donors (Lipinski definition) is 0. The fraction of sp³-hybridized carbons (Fsp3) is 0.333. The topological polar surface area (TPSA) is 0 Å². The average Bonchev–Trinajstić information content (AvgIpc) is 2.16. The van der Waals surface area contributed by atoms with Gasteiger partial charge in [0.15, 0.2) is 0 Å². The van der Waals surface area contributed by atoms with E-state index in [0.29, 0.717) is 0 Å². The fourth-order valence-electron chi connectivity index (χ4n) is 1.13. The van der Waals surface area contributed by atoms with Gasteiger partial charge in [0.2, 0.25) is 0 Å². The highest BCUT2D eigenvalue weighted by Gasteiger charge is 1.91. The molecule has 0 heteroatoms. The van der Waals surface area contributed by atoms with Crippen LogP contribution in [0.25, 0.3) is 0 Å². The van der Waals surface area contributed by atoms with Crippen LogP contribution in [0.2, 0.25) is 0 Å². The van der Waals surface area contributed by atoms with Crippen molar-refractivity contribution in [1.29, 1.82) is 0 Å². The van der Waals surface area contributed by atoms with Gasteiger partial charge in [0.1, 0.15) is 0 Å². The Kier molecular flexibility index (Phi) is 3.59. The molecular formula is C12H16. The van der Waals surface area contributed by atoms with Gasteiger partial charge in [-0.2, -0.15) is 0 Å². The molecule has 0 radical (unpaired) electrons. The normalized spacial score (nSPS) is 11.7. The molecule has 0 aromatic heterocycles. The van der Waals surface area contributed by atoms with Crippen LogP contribution in [-0.2, 0) is 6.42 Å². The van der Waals surface area contributed by atoms with Crippen LogP contribution in [0.1, 0.15) is 25.8 Å². The summed E-state index contributed by atoms with van der Waals surface area (Å²) >= 11 is 0. The number of rotatable bonds is 3. The summed E-state index contributed by atoms with van der Waals surface area (Å²) < 4.78 is 0. The Balaban J connectivity index is 2.44. The van der Waals surface area contributed by atoms with E-state index in [4.69, 9.17) is 0 Å². The van der Waals surface area contributed by atoms with Crippen LogP contribution in [0.15, 0.2) is 42.0 Å². The second-order valence-electron chi connectivity index (χ2n) is 3.12. The molecule has 0 saturated heterocycles. The number of hydrogen-bond acceptors (Lipinski definition) is 0. The Morgan fingerprint density at radius 1 is 1.25 bits per heavy atom. The summed E-state index contributed by atoms with van der Waals surface area (Å²) in [4.78, 5) is 0. The first-order valence-electron chi connectivity index (χ1n) is 4.48. The fourth-order valence-corrected chi connectivity index (χ4v) is 1.13. The Hall–Kier alpha value is -1.04. The van der Waals surface area contributed by atoms with Crippen LogP contribution in [0.3, 0.4) is 0 Å². The van der Waals surface area contributed by atoms with Crippen molar-refractivity contribution in [3.8, 4) is 0 Å². The highest BCUT2D eigenvalue weighted by Crippen LogP contribution is 2.07. The van der Waals surface area contributed by atoms with Crippen molar-refractivity contribution >= 4 is 0 Å². The minimum atomic E-state index is 1.16. The van der Waals surface area contributed by atoms with Crippen molar-refractivity contribution in [1.82, 2.24) is 0 Å². The first-order valence-corrected chi connectivity index (χ1v) is 4.48. The van der Waals surface area contributed by atoms with E-state index in [-0.39, 0.29) is 0 Å². The Morgan fingerprint density at radius 2 is 1.92 bits per heavy atom. The van der Waals surface area contributed by atoms with E-state index in [1.807, 2.05) is 0 Å². The zero-order chi connectivity index (χ0) is 8.81. The highest BCUT2D eigenvalue weighted by molar-refractivity contribution is 5.16. The van der Waals surface area contributed by atoms with Crippen LogP contribution in [-0.4, -0.2) is 0 Å². The van der Waals surface area contributed by atoms with Crippen LogP contribution < -0.4 is 0 Å². The second-order valence-corrected chi connectivity index (χ2v) is 3.12. The molecule has 0 heterocycles. The zero-order valence-electron chi connectivity index (χ0n) is 7.88. The molecule has 1 aromatic rings. The summed E-state index contributed by atoms with van der Waals surface area (Å²) in [6, 6.07) is 10.6. The smallest absolute Gasteiger partial charge is 0.0242 e. The van der Waals surface area contributed by atoms with Gasteiger partial charge in [-0.15, -0.1) is 0 Å². The SMILES string of the molecule is CC=C(C)CCc1ccccc1. The van der Waals surface area contributed by atoms with Gasteiger partial charge in [-0.05, 0) is 32.3 Å². The molecule has 0 N–H and O–H groups in total. The molecule has 64 valence electrons. The quantitative estimate of drug-likeness (QED) is 0.593. The third-order valence-corrected chi connectivity index (χ3v) is 2.14. The maximum atomic E-state index is 2.18. The lowest BCUT2D eigenvalue weighted by Crippen LogP contribution is -1.85. The lowest BCUT2D eigenvalue weighted by Gasteiger charge is -2.00. The average molecular weight is 160 g/mol. The van der Waals surface area contributed by atoms with Crippen molar-refractivity contribution in [3.63, 3.8) is 0 Å². The highest BCUT2D eigenvalue weighted by atomic mass is 14.0. The second kappa shape index (κ2) is 4.76. The third kappa shape index (κ3) is 2.91. The molecule has 0 saturated carbocycles.